The van der Waals surface area contributed by atoms with Crippen LogP contribution >= 0.6 is 23.2 Å². The zero-order valence-electron chi connectivity index (χ0n) is 14.8. The van der Waals surface area contributed by atoms with Gasteiger partial charge in [0.15, 0.2) is 5.60 Å². The highest BCUT2D eigenvalue weighted by Crippen LogP contribution is 2.39. The lowest BCUT2D eigenvalue weighted by Crippen LogP contribution is -2.53. The monoisotopic (exact) mass is 408 g/mol. The van der Waals surface area contributed by atoms with E-state index in [2.05, 4.69) is 5.32 Å². The second-order valence-corrected chi connectivity index (χ2v) is 7.51. The Labute approximate surface area is 166 Å². The summed E-state index contributed by atoms with van der Waals surface area (Å²) in [6.45, 7) is 3.47. The number of phenols is 1. The van der Waals surface area contributed by atoms with Crippen LogP contribution in [0.1, 0.15) is 20.3 Å². The van der Waals surface area contributed by atoms with Crippen LogP contribution in [0.5, 0.6) is 11.5 Å². The summed E-state index contributed by atoms with van der Waals surface area (Å²) in [4.78, 5) is 26.6. The van der Waals surface area contributed by atoms with E-state index in [0.717, 1.165) is 0 Å². The van der Waals surface area contributed by atoms with Crippen molar-refractivity contribution in [2.75, 3.05) is 16.8 Å². The number of benzene rings is 2. The van der Waals surface area contributed by atoms with Crippen molar-refractivity contribution in [2.24, 2.45) is 0 Å². The van der Waals surface area contributed by atoms with Gasteiger partial charge >= 0.3 is 0 Å². The van der Waals surface area contributed by atoms with Gasteiger partial charge in [-0.25, -0.2) is 0 Å². The van der Waals surface area contributed by atoms with Gasteiger partial charge in [-0.2, -0.15) is 0 Å². The highest BCUT2D eigenvalue weighted by Gasteiger charge is 2.40. The smallest absolute Gasteiger partial charge is 0.270 e. The largest absolute Gasteiger partial charge is 0.506 e. The molecule has 0 unspecified atom stereocenters. The summed E-state index contributed by atoms with van der Waals surface area (Å²) in [6.07, 6.45) is 0.0136. The lowest BCUT2D eigenvalue weighted by Gasteiger charge is -2.38. The number of nitrogens with zero attached hydrogens (tertiary/aromatic N) is 1. The van der Waals surface area contributed by atoms with Crippen molar-refractivity contribution in [1.29, 1.82) is 0 Å². The molecule has 8 heteroatoms. The number of hydrogen-bond acceptors (Lipinski definition) is 4. The summed E-state index contributed by atoms with van der Waals surface area (Å²) < 4.78 is 5.75. The van der Waals surface area contributed by atoms with Gasteiger partial charge in [0.05, 0.1) is 11.4 Å². The van der Waals surface area contributed by atoms with Crippen molar-refractivity contribution in [1.82, 2.24) is 0 Å². The SMILES string of the molecule is CC1(C)Oc2ccc(Cl)cc2N(CCC(=O)Nc2cc(Cl)ccc2O)C1=O. The first-order valence-electron chi connectivity index (χ1n) is 8.26. The molecule has 1 aliphatic rings. The summed E-state index contributed by atoms with van der Waals surface area (Å²) in [7, 11) is 0. The molecule has 0 radical (unpaired) electrons. The molecule has 6 nitrogen and oxygen atoms in total. The fourth-order valence-electron chi connectivity index (χ4n) is 2.80. The van der Waals surface area contributed by atoms with Crippen LogP contribution in [-0.4, -0.2) is 29.1 Å². The van der Waals surface area contributed by atoms with Crippen LogP contribution in [0.3, 0.4) is 0 Å². The number of nitrogens with one attached hydrogen (secondary N) is 1. The van der Waals surface area contributed by atoms with Gasteiger partial charge in [0.2, 0.25) is 5.91 Å². The predicted octanol–water partition coefficient (Wildman–Crippen LogP) is 4.23. The zero-order chi connectivity index (χ0) is 19.8. The third-order valence-corrected chi connectivity index (χ3v) is 4.60. The maximum absolute atomic E-state index is 12.8. The molecular formula is C19H18Cl2N2O4. The molecule has 0 saturated carbocycles. The number of halogens is 2. The Morgan fingerprint density at radius 2 is 1.85 bits per heavy atom. The van der Waals surface area contributed by atoms with E-state index in [1.54, 1.807) is 32.0 Å². The van der Waals surface area contributed by atoms with Crippen LogP contribution in [0.25, 0.3) is 0 Å². The van der Waals surface area contributed by atoms with Crippen LogP contribution in [0.15, 0.2) is 36.4 Å². The zero-order valence-corrected chi connectivity index (χ0v) is 16.3. The summed E-state index contributed by atoms with van der Waals surface area (Å²) in [6, 6.07) is 9.37. The number of fused-ring (bicyclic) bond motifs is 1. The topological polar surface area (TPSA) is 78.9 Å². The average molecular weight is 409 g/mol. The van der Waals surface area contributed by atoms with Crippen molar-refractivity contribution in [3.8, 4) is 11.5 Å². The number of carbonyl (C=O) groups excluding carboxylic acids is 2. The summed E-state index contributed by atoms with van der Waals surface area (Å²) in [5.41, 5.74) is -0.322. The van der Waals surface area contributed by atoms with Gasteiger partial charge in [-0.15, -0.1) is 0 Å². The molecule has 2 aromatic rings. The number of carbonyl (C=O) groups is 2. The fourth-order valence-corrected chi connectivity index (χ4v) is 3.14. The van der Waals surface area contributed by atoms with E-state index in [1.165, 1.54) is 23.1 Å². The van der Waals surface area contributed by atoms with Crippen molar-refractivity contribution in [2.45, 2.75) is 25.9 Å². The fraction of sp³-hybridized carbons (Fsp3) is 0.263. The van der Waals surface area contributed by atoms with Gasteiger partial charge < -0.3 is 20.1 Å². The van der Waals surface area contributed by atoms with Crippen molar-refractivity contribution in [3.63, 3.8) is 0 Å². The molecular weight excluding hydrogens is 391 g/mol. The Morgan fingerprint density at radius 3 is 2.59 bits per heavy atom. The maximum atomic E-state index is 12.8. The van der Waals surface area contributed by atoms with Gasteiger partial charge in [0.1, 0.15) is 11.5 Å². The summed E-state index contributed by atoms with van der Waals surface area (Å²) >= 11 is 11.9. The van der Waals surface area contributed by atoms with Crippen LogP contribution in [0.2, 0.25) is 10.0 Å². The molecule has 2 aromatic carbocycles. The van der Waals surface area contributed by atoms with Gasteiger partial charge in [0.25, 0.3) is 5.91 Å². The third-order valence-electron chi connectivity index (χ3n) is 4.13. The molecule has 0 aromatic heterocycles. The van der Waals surface area contributed by atoms with Crippen LogP contribution < -0.4 is 15.0 Å². The van der Waals surface area contributed by atoms with E-state index in [1.807, 2.05) is 0 Å². The highest BCUT2D eigenvalue weighted by atomic mass is 35.5. The number of aromatic hydroxyl groups is 1. The van der Waals surface area contributed by atoms with Crippen LogP contribution in [-0.2, 0) is 9.59 Å². The standard InChI is InChI=1S/C19H18Cl2N2O4/c1-19(2)18(26)23(14-10-12(21)4-6-16(14)27-19)8-7-17(25)22-13-9-11(20)3-5-15(13)24/h3-6,9-10,24H,7-8H2,1-2H3,(H,22,25). The lowest BCUT2D eigenvalue weighted by molar-refractivity contribution is -0.132. The molecule has 0 saturated heterocycles. The lowest BCUT2D eigenvalue weighted by atomic mass is 10.0. The molecule has 0 bridgehead atoms. The van der Waals surface area contributed by atoms with Gasteiger partial charge in [0, 0.05) is 23.0 Å². The Balaban J connectivity index is 1.76. The molecule has 2 N–H and O–H groups in total. The average Bonchev–Trinajstić information content (AvgIpc) is 2.59. The first-order valence-corrected chi connectivity index (χ1v) is 9.02. The number of amides is 2. The summed E-state index contributed by atoms with van der Waals surface area (Å²) in [5.74, 6) is -0.200. The molecule has 27 heavy (non-hydrogen) atoms. The molecule has 2 amide bonds. The predicted molar refractivity (Wildman–Crippen MR) is 105 cm³/mol. The molecule has 0 fully saturated rings. The Morgan fingerprint density at radius 1 is 1.19 bits per heavy atom. The first-order chi connectivity index (χ1) is 12.7. The Bertz CT molecular complexity index is 915. The summed E-state index contributed by atoms with van der Waals surface area (Å²) in [5, 5.41) is 13.2. The minimum atomic E-state index is -1.05. The van der Waals surface area contributed by atoms with Crippen LogP contribution in [0.4, 0.5) is 11.4 Å². The number of hydrogen-bond donors (Lipinski definition) is 2. The van der Waals surface area contributed by atoms with Crippen molar-refractivity contribution >= 4 is 46.4 Å². The van der Waals surface area contributed by atoms with E-state index in [4.69, 9.17) is 27.9 Å². The molecule has 1 aliphatic heterocycles. The van der Waals surface area contributed by atoms with Crippen molar-refractivity contribution in [3.05, 3.63) is 46.4 Å². The molecule has 3 rings (SSSR count). The molecule has 0 aliphatic carbocycles. The Hall–Kier alpha value is -2.44. The second-order valence-electron chi connectivity index (χ2n) is 6.64. The number of rotatable bonds is 4. The Kier molecular flexibility index (Phi) is 5.22. The quantitative estimate of drug-likeness (QED) is 0.741. The van der Waals surface area contributed by atoms with E-state index < -0.39 is 5.60 Å². The number of ether oxygens (including phenoxy) is 1. The van der Waals surface area contributed by atoms with E-state index in [9.17, 15) is 14.7 Å². The molecule has 142 valence electrons. The number of anilines is 2. The molecule has 0 spiro atoms. The maximum Gasteiger partial charge on any atom is 0.270 e. The minimum absolute atomic E-state index is 0.0136. The normalized spacial score (nSPS) is 15.1. The molecule has 0 atom stereocenters. The van der Waals surface area contributed by atoms with Gasteiger partial charge in [-0.3, -0.25) is 9.59 Å². The van der Waals surface area contributed by atoms with Gasteiger partial charge in [-0.05, 0) is 50.2 Å². The first kappa shape index (κ1) is 19.3. The molecule has 1 heterocycles. The third kappa shape index (κ3) is 4.12. The van der Waals surface area contributed by atoms with Crippen molar-refractivity contribution < 1.29 is 19.4 Å². The second kappa shape index (κ2) is 7.29. The van der Waals surface area contributed by atoms with E-state index in [0.29, 0.717) is 21.5 Å². The van der Waals surface area contributed by atoms with E-state index >= 15 is 0 Å². The number of phenolic OH excluding ortho intramolecular Hbond substituents is 1. The highest BCUT2D eigenvalue weighted by molar-refractivity contribution is 6.31. The van der Waals surface area contributed by atoms with E-state index in [-0.39, 0.29) is 36.2 Å². The van der Waals surface area contributed by atoms with Crippen LogP contribution in [0, 0.1) is 0 Å². The minimum Gasteiger partial charge on any atom is -0.506 e. The van der Waals surface area contributed by atoms with Gasteiger partial charge in [-0.1, -0.05) is 23.2 Å².